The molecule has 6 heteroatoms. The minimum absolute atomic E-state index is 0. The topological polar surface area (TPSA) is 54.0 Å². The first-order valence-corrected chi connectivity index (χ1v) is 6.61. The smallest absolute Gasteiger partial charge is 0.253 e. The van der Waals surface area contributed by atoms with Gasteiger partial charge in [0.1, 0.15) is 0 Å². The second kappa shape index (κ2) is 9.16. The number of nitrogens with one attached hydrogen (secondary N) is 2. The summed E-state index contributed by atoms with van der Waals surface area (Å²) >= 11 is 0. The van der Waals surface area contributed by atoms with Crippen LogP contribution in [0.2, 0.25) is 0 Å². The van der Waals surface area contributed by atoms with Crippen molar-refractivity contribution in [3.05, 3.63) is 29.6 Å². The van der Waals surface area contributed by atoms with E-state index in [-0.39, 0.29) is 36.8 Å². The SMILES string of the molecule is Cc1ccc(C(=O)NC(C)C2CCCNC2)cn1.Cl.Cl. The fraction of sp³-hybridized carbons (Fsp3) is 0.571. The third-order valence-electron chi connectivity index (χ3n) is 3.57. The predicted octanol–water partition coefficient (Wildman–Crippen LogP) is 2.35. The summed E-state index contributed by atoms with van der Waals surface area (Å²) in [5.41, 5.74) is 1.56. The Kier molecular flexibility index (Phi) is 8.78. The van der Waals surface area contributed by atoms with Crippen molar-refractivity contribution >= 4 is 30.7 Å². The number of hydrogen-bond donors (Lipinski definition) is 2. The lowest BCUT2D eigenvalue weighted by atomic mass is 9.92. The van der Waals surface area contributed by atoms with E-state index in [1.54, 1.807) is 6.20 Å². The van der Waals surface area contributed by atoms with E-state index in [1.807, 2.05) is 19.1 Å². The molecule has 1 aliphatic heterocycles. The fourth-order valence-electron chi connectivity index (χ4n) is 2.32. The van der Waals surface area contributed by atoms with E-state index < -0.39 is 0 Å². The molecule has 1 aromatic heterocycles. The van der Waals surface area contributed by atoms with Crippen LogP contribution < -0.4 is 10.6 Å². The van der Waals surface area contributed by atoms with Crippen LogP contribution in [0, 0.1) is 12.8 Å². The molecular formula is C14H23Cl2N3O. The van der Waals surface area contributed by atoms with Gasteiger partial charge in [-0.2, -0.15) is 0 Å². The van der Waals surface area contributed by atoms with Gasteiger partial charge < -0.3 is 10.6 Å². The molecule has 2 rings (SSSR count). The lowest BCUT2D eigenvalue weighted by molar-refractivity contribution is 0.0921. The van der Waals surface area contributed by atoms with Gasteiger partial charge in [-0.3, -0.25) is 9.78 Å². The molecule has 4 nitrogen and oxygen atoms in total. The lowest BCUT2D eigenvalue weighted by Gasteiger charge is -2.28. The standard InChI is InChI=1S/C14H21N3O.2ClH/c1-10-5-6-13(9-16-10)14(18)17-11(2)12-4-3-7-15-8-12;;/h5-6,9,11-12,15H,3-4,7-8H2,1-2H3,(H,17,18);2*1H. The summed E-state index contributed by atoms with van der Waals surface area (Å²) < 4.78 is 0. The van der Waals surface area contributed by atoms with Gasteiger partial charge in [0.05, 0.1) is 5.56 Å². The van der Waals surface area contributed by atoms with E-state index in [1.165, 1.54) is 12.8 Å². The van der Waals surface area contributed by atoms with Crippen LogP contribution in [0.15, 0.2) is 18.3 Å². The number of carbonyl (C=O) groups is 1. The minimum atomic E-state index is -0.0272. The molecule has 2 unspecified atom stereocenters. The molecule has 2 heterocycles. The number of nitrogens with zero attached hydrogens (tertiary/aromatic N) is 1. The average molecular weight is 320 g/mol. The summed E-state index contributed by atoms with van der Waals surface area (Å²) in [4.78, 5) is 16.2. The molecule has 1 saturated heterocycles. The van der Waals surface area contributed by atoms with E-state index in [2.05, 4.69) is 22.5 Å². The van der Waals surface area contributed by atoms with Gasteiger partial charge in [-0.15, -0.1) is 24.8 Å². The summed E-state index contributed by atoms with van der Waals surface area (Å²) in [5, 5.41) is 6.44. The summed E-state index contributed by atoms with van der Waals surface area (Å²) in [6, 6.07) is 3.89. The Balaban J connectivity index is 0.00000180. The van der Waals surface area contributed by atoms with Crippen molar-refractivity contribution in [1.82, 2.24) is 15.6 Å². The van der Waals surface area contributed by atoms with Crippen LogP contribution in [-0.2, 0) is 0 Å². The van der Waals surface area contributed by atoms with Crippen LogP contribution in [0.1, 0.15) is 35.8 Å². The second-order valence-electron chi connectivity index (χ2n) is 5.06. The van der Waals surface area contributed by atoms with Gasteiger partial charge in [0.15, 0.2) is 0 Å². The zero-order chi connectivity index (χ0) is 13.0. The third-order valence-corrected chi connectivity index (χ3v) is 3.57. The molecule has 1 aromatic rings. The first kappa shape index (κ1) is 19.2. The van der Waals surface area contributed by atoms with Gasteiger partial charge in [-0.1, -0.05) is 0 Å². The Labute approximate surface area is 132 Å². The summed E-state index contributed by atoms with van der Waals surface area (Å²) in [6.45, 7) is 6.09. The quantitative estimate of drug-likeness (QED) is 0.899. The molecule has 2 atom stereocenters. The maximum Gasteiger partial charge on any atom is 0.253 e. The lowest BCUT2D eigenvalue weighted by Crippen LogP contribution is -2.44. The van der Waals surface area contributed by atoms with Crippen LogP contribution in [0.25, 0.3) is 0 Å². The van der Waals surface area contributed by atoms with Crippen molar-refractivity contribution in [2.75, 3.05) is 13.1 Å². The van der Waals surface area contributed by atoms with E-state index in [0.29, 0.717) is 11.5 Å². The Morgan fingerprint density at radius 1 is 1.45 bits per heavy atom. The van der Waals surface area contributed by atoms with Gasteiger partial charge in [-0.05, 0) is 57.8 Å². The molecule has 1 aliphatic rings. The number of aryl methyl sites for hydroxylation is 1. The highest BCUT2D eigenvalue weighted by atomic mass is 35.5. The summed E-state index contributed by atoms with van der Waals surface area (Å²) in [5.74, 6) is 0.502. The van der Waals surface area contributed by atoms with Crippen molar-refractivity contribution in [2.45, 2.75) is 32.7 Å². The zero-order valence-electron chi connectivity index (χ0n) is 11.9. The van der Waals surface area contributed by atoms with Gasteiger partial charge in [0.25, 0.3) is 5.91 Å². The van der Waals surface area contributed by atoms with Crippen LogP contribution in [0.4, 0.5) is 0 Å². The number of carbonyl (C=O) groups excluding carboxylic acids is 1. The van der Waals surface area contributed by atoms with Crippen LogP contribution >= 0.6 is 24.8 Å². The zero-order valence-corrected chi connectivity index (χ0v) is 13.5. The summed E-state index contributed by atoms with van der Waals surface area (Å²) in [7, 11) is 0. The van der Waals surface area contributed by atoms with Gasteiger partial charge in [-0.25, -0.2) is 0 Å². The normalized spacial score (nSPS) is 19.2. The van der Waals surface area contributed by atoms with E-state index in [9.17, 15) is 4.79 Å². The highest BCUT2D eigenvalue weighted by Crippen LogP contribution is 2.14. The Morgan fingerprint density at radius 2 is 2.20 bits per heavy atom. The maximum atomic E-state index is 12.0. The van der Waals surface area contributed by atoms with Gasteiger partial charge in [0.2, 0.25) is 0 Å². The Hall–Kier alpha value is -0.840. The molecule has 0 aromatic carbocycles. The summed E-state index contributed by atoms with van der Waals surface area (Å²) in [6.07, 6.45) is 4.01. The predicted molar refractivity (Wildman–Crippen MR) is 86.0 cm³/mol. The number of aromatic nitrogens is 1. The molecule has 0 spiro atoms. The fourth-order valence-corrected chi connectivity index (χ4v) is 2.32. The van der Waals surface area contributed by atoms with Crippen LogP contribution in [0.3, 0.4) is 0 Å². The highest BCUT2D eigenvalue weighted by molar-refractivity contribution is 5.94. The number of rotatable bonds is 3. The van der Waals surface area contributed by atoms with Crippen molar-refractivity contribution < 1.29 is 4.79 Å². The first-order chi connectivity index (χ1) is 8.66. The van der Waals surface area contributed by atoms with Crippen LogP contribution in [0.5, 0.6) is 0 Å². The average Bonchev–Trinajstić information content (AvgIpc) is 2.40. The molecule has 0 bridgehead atoms. The molecule has 0 radical (unpaired) electrons. The first-order valence-electron chi connectivity index (χ1n) is 6.61. The molecular weight excluding hydrogens is 297 g/mol. The van der Waals surface area contributed by atoms with Crippen molar-refractivity contribution in [3.8, 4) is 0 Å². The molecule has 0 aliphatic carbocycles. The minimum Gasteiger partial charge on any atom is -0.349 e. The number of piperidine rings is 1. The molecule has 2 N–H and O–H groups in total. The van der Waals surface area contributed by atoms with E-state index in [0.717, 1.165) is 18.8 Å². The molecule has 20 heavy (non-hydrogen) atoms. The Bertz CT molecular complexity index is 405. The molecule has 0 saturated carbocycles. The largest absolute Gasteiger partial charge is 0.349 e. The van der Waals surface area contributed by atoms with Gasteiger partial charge in [0, 0.05) is 17.9 Å². The molecule has 114 valence electrons. The highest BCUT2D eigenvalue weighted by Gasteiger charge is 2.21. The van der Waals surface area contributed by atoms with E-state index in [4.69, 9.17) is 0 Å². The second-order valence-corrected chi connectivity index (χ2v) is 5.06. The number of pyridine rings is 1. The number of hydrogen-bond acceptors (Lipinski definition) is 3. The van der Waals surface area contributed by atoms with Crippen molar-refractivity contribution in [1.29, 1.82) is 0 Å². The molecule has 1 fully saturated rings. The van der Waals surface area contributed by atoms with E-state index >= 15 is 0 Å². The number of halogens is 2. The maximum absolute atomic E-state index is 12.0. The van der Waals surface area contributed by atoms with Crippen LogP contribution in [-0.4, -0.2) is 30.0 Å². The van der Waals surface area contributed by atoms with Gasteiger partial charge >= 0.3 is 0 Å². The van der Waals surface area contributed by atoms with Crippen molar-refractivity contribution in [3.63, 3.8) is 0 Å². The third kappa shape index (κ3) is 5.27. The number of amides is 1. The Morgan fingerprint density at radius 3 is 2.75 bits per heavy atom. The monoisotopic (exact) mass is 319 g/mol. The molecule has 1 amide bonds. The van der Waals surface area contributed by atoms with Crippen molar-refractivity contribution in [2.24, 2.45) is 5.92 Å².